The summed E-state index contributed by atoms with van der Waals surface area (Å²) in [5.41, 5.74) is 3.84. The minimum atomic E-state index is -1.53. The first-order valence-electron chi connectivity index (χ1n) is 20.2. The molecule has 0 radical (unpaired) electrons. The maximum atomic E-state index is 13.9. The number of alkyl carbamates (subject to hydrolysis) is 2. The number of nitrogens with two attached hydrogens (primary N) is 1. The summed E-state index contributed by atoms with van der Waals surface area (Å²) < 4.78 is 10.5. The Balaban J connectivity index is 3.58. The van der Waals surface area contributed by atoms with E-state index in [2.05, 4.69) is 47.9 Å². The van der Waals surface area contributed by atoms with Gasteiger partial charge in [-0.2, -0.15) is 0 Å². The highest BCUT2D eigenvalue weighted by molar-refractivity contribution is 8.76. The van der Waals surface area contributed by atoms with Crippen molar-refractivity contribution >= 4 is 81.1 Å². The number of carboxylic acids is 1. The van der Waals surface area contributed by atoms with Gasteiger partial charge in [0.05, 0.1) is 0 Å². The summed E-state index contributed by atoms with van der Waals surface area (Å²) in [5, 5.41) is 31.9. The number of carboxylic acid groups (broad SMARTS) is 1. The molecule has 25 heteroatoms. The van der Waals surface area contributed by atoms with Gasteiger partial charge in [-0.15, -0.1) is 0 Å². The first-order valence-corrected chi connectivity index (χ1v) is 22.7. The molecular formula is C38H66N10O13S2. The third-order valence-electron chi connectivity index (χ3n) is 8.53. The molecule has 1 saturated heterocycles. The summed E-state index contributed by atoms with van der Waals surface area (Å²) in [6.45, 7) is 17.7. The number of rotatable bonds is 12. The predicted molar refractivity (Wildman–Crippen MR) is 234 cm³/mol. The standard InChI is InChI=1S/C38H66N10O13S2/c1-17(2)25-33(55)40-14-22(46-36(59)61-38(10,11)12)30(52)42-20(6)28(50)44-24(32(54)48-26(18(3)4)34(56)57)16-63-62-15-23(31(53)47-25)43-27(49)19(5)41-29(51)21(13-39)45-35(58)60-37(7,8)9/h17-26H,13-16,39H2,1-12H3,(H,40,55)(H,41,51)(H,42,52)(H,43,49)(H,44,50)(H,45,58)(H,46,59)(H,47,53)(H,48,54)(H,56,57)/t19-,20-,21+,22+,23-,24-,25-,26-/m0/s1. The van der Waals surface area contributed by atoms with Gasteiger partial charge in [0.25, 0.3) is 0 Å². The first-order chi connectivity index (χ1) is 29.0. The molecule has 1 aliphatic heterocycles. The average molecular weight is 935 g/mol. The lowest BCUT2D eigenvalue weighted by Crippen LogP contribution is -2.61. The molecule has 1 aliphatic rings. The second kappa shape index (κ2) is 25.3. The van der Waals surface area contributed by atoms with E-state index in [1.807, 2.05) is 0 Å². The summed E-state index contributed by atoms with van der Waals surface area (Å²) in [6.07, 6.45) is -1.96. The van der Waals surface area contributed by atoms with Crippen molar-refractivity contribution in [2.45, 2.75) is 143 Å². The SMILES string of the molecule is CC(C)[C@H](NC(=O)[C@@H]1CSSC[C@H](NC(=O)[C@H](C)NC(=O)[C@@H](CN)NC(=O)OC(C)(C)C)C(=O)N[C@@H](C(C)C)C(=O)NC[C@@H](NC(=O)OC(C)(C)C)C(=O)N[C@@H](C)C(=O)N1)C(=O)O. The first kappa shape index (κ1) is 56.0. The van der Waals surface area contributed by atoms with Gasteiger partial charge >= 0.3 is 18.2 Å². The minimum absolute atomic E-state index is 0.207. The van der Waals surface area contributed by atoms with E-state index in [-0.39, 0.29) is 18.1 Å². The molecule has 0 aromatic rings. The van der Waals surface area contributed by atoms with Crippen molar-refractivity contribution in [2.24, 2.45) is 17.6 Å². The van der Waals surface area contributed by atoms with Crippen LogP contribution in [0.4, 0.5) is 9.59 Å². The lowest BCUT2D eigenvalue weighted by Gasteiger charge is -2.28. The Kier molecular flexibility index (Phi) is 22.5. The molecule has 358 valence electrons. The van der Waals surface area contributed by atoms with Crippen molar-refractivity contribution in [2.75, 3.05) is 24.6 Å². The van der Waals surface area contributed by atoms with Crippen molar-refractivity contribution in [3.63, 3.8) is 0 Å². The molecule has 0 spiro atoms. The predicted octanol–water partition coefficient (Wildman–Crippen LogP) is -1.41. The number of hydrogen-bond donors (Lipinski definition) is 11. The molecule has 0 bridgehead atoms. The third kappa shape index (κ3) is 20.8. The Bertz CT molecular complexity index is 1670. The van der Waals surface area contributed by atoms with E-state index in [9.17, 15) is 53.1 Å². The van der Waals surface area contributed by atoms with Crippen LogP contribution in [0.25, 0.3) is 0 Å². The molecule has 0 aliphatic carbocycles. The van der Waals surface area contributed by atoms with Gasteiger partial charge < -0.3 is 68.2 Å². The largest absolute Gasteiger partial charge is 0.480 e. The Hall–Kier alpha value is -5.04. The van der Waals surface area contributed by atoms with Crippen molar-refractivity contribution in [3.8, 4) is 0 Å². The fourth-order valence-electron chi connectivity index (χ4n) is 5.16. The Morgan fingerprint density at radius 1 is 0.730 bits per heavy atom. The monoisotopic (exact) mass is 934 g/mol. The van der Waals surface area contributed by atoms with Crippen LogP contribution in [0.1, 0.15) is 83.1 Å². The summed E-state index contributed by atoms with van der Waals surface area (Å²) >= 11 is 0. The Morgan fingerprint density at radius 2 is 1.29 bits per heavy atom. The van der Waals surface area contributed by atoms with Crippen LogP contribution in [0, 0.1) is 11.8 Å². The van der Waals surface area contributed by atoms with Gasteiger partial charge in [-0.3, -0.25) is 33.6 Å². The summed E-state index contributed by atoms with van der Waals surface area (Å²) in [4.78, 5) is 132. The van der Waals surface area contributed by atoms with Crippen LogP contribution in [0.2, 0.25) is 0 Å². The fraction of sp³-hybridized carbons (Fsp3) is 0.737. The molecule has 0 aromatic heterocycles. The highest BCUT2D eigenvalue weighted by Gasteiger charge is 2.35. The van der Waals surface area contributed by atoms with Crippen molar-refractivity contribution in [1.29, 1.82) is 0 Å². The number of carbonyl (C=O) groups excluding carboxylic acids is 9. The zero-order valence-electron chi connectivity index (χ0n) is 37.8. The van der Waals surface area contributed by atoms with E-state index in [4.69, 9.17) is 15.2 Å². The van der Waals surface area contributed by atoms with Crippen molar-refractivity contribution in [3.05, 3.63) is 0 Å². The topological polar surface area (TPSA) is 344 Å². The number of nitrogens with one attached hydrogen (secondary N) is 9. The molecule has 9 amide bonds. The molecular weight excluding hydrogens is 869 g/mol. The van der Waals surface area contributed by atoms with E-state index >= 15 is 0 Å². The van der Waals surface area contributed by atoms with E-state index in [1.165, 1.54) is 13.8 Å². The highest BCUT2D eigenvalue weighted by Crippen LogP contribution is 2.24. The maximum Gasteiger partial charge on any atom is 0.408 e. The van der Waals surface area contributed by atoms with E-state index in [0.29, 0.717) is 0 Å². The smallest absolute Gasteiger partial charge is 0.408 e. The lowest BCUT2D eigenvalue weighted by molar-refractivity contribution is -0.143. The number of ether oxygens (including phenoxy) is 2. The lowest BCUT2D eigenvalue weighted by atomic mass is 10.0. The number of hydrogen-bond acceptors (Lipinski definition) is 15. The molecule has 23 nitrogen and oxygen atoms in total. The van der Waals surface area contributed by atoms with Gasteiger partial charge in [0.2, 0.25) is 41.4 Å². The van der Waals surface area contributed by atoms with Gasteiger partial charge in [-0.05, 0) is 67.2 Å². The van der Waals surface area contributed by atoms with E-state index in [0.717, 1.165) is 21.6 Å². The second-order valence-corrected chi connectivity index (χ2v) is 19.9. The molecule has 0 aromatic carbocycles. The van der Waals surface area contributed by atoms with Gasteiger partial charge in [0.1, 0.15) is 59.5 Å². The van der Waals surface area contributed by atoms with Crippen LogP contribution in [0.5, 0.6) is 0 Å². The second-order valence-electron chi connectivity index (χ2n) is 17.3. The molecule has 8 atom stereocenters. The van der Waals surface area contributed by atoms with Gasteiger partial charge in [0, 0.05) is 24.6 Å². The molecule has 1 heterocycles. The van der Waals surface area contributed by atoms with Crippen LogP contribution in [0.3, 0.4) is 0 Å². The van der Waals surface area contributed by atoms with Gasteiger partial charge in [-0.25, -0.2) is 14.4 Å². The quantitative estimate of drug-likeness (QED) is 0.100. The molecule has 12 N–H and O–H groups in total. The molecule has 0 saturated carbocycles. The van der Waals surface area contributed by atoms with Crippen LogP contribution < -0.4 is 53.6 Å². The number of carbonyl (C=O) groups is 10. The van der Waals surface area contributed by atoms with E-state index < -0.39 is 137 Å². The maximum absolute atomic E-state index is 13.9. The highest BCUT2D eigenvalue weighted by atomic mass is 33.1. The van der Waals surface area contributed by atoms with Crippen LogP contribution in [0.15, 0.2) is 0 Å². The van der Waals surface area contributed by atoms with Crippen molar-refractivity contribution in [1.82, 2.24) is 47.9 Å². The van der Waals surface area contributed by atoms with E-state index in [1.54, 1.807) is 69.2 Å². The molecule has 0 unspecified atom stereocenters. The molecule has 63 heavy (non-hydrogen) atoms. The average Bonchev–Trinajstić information content (AvgIpc) is 3.14. The Labute approximate surface area is 375 Å². The number of amides is 9. The Morgan fingerprint density at radius 3 is 1.81 bits per heavy atom. The zero-order chi connectivity index (χ0) is 48.6. The zero-order valence-corrected chi connectivity index (χ0v) is 39.5. The molecule has 1 fully saturated rings. The van der Waals surface area contributed by atoms with Gasteiger partial charge in [-0.1, -0.05) is 49.3 Å². The van der Waals surface area contributed by atoms with Crippen LogP contribution in [-0.2, 0) is 47.8 Å². The summed E-state index contributed by atoms with van der Waals surface area (Å²) in [6, 6.07) is -10.9. The molecule has 1 rings (SSSR count). The fourth-order valence-corrected chi connectivity index (χ4v) is 7.49. The third-order valence-corrected chi connectivity index (χ3v) is 11.0. The summed E-state index contributed by atoms with van der Waals surface area (Å²) in [7, 11) is 1.94. The van der Waals surface area contributed by atoms with Crippen LogP contribution >= 0.6 is 21.6 Å². The summed E-state index contributed by atoms with van der Waals surface area (Å²) in [5.74, 6) is -8.87. The number of aliphatic carboxylic acids is 1. The van der Waals surface area contributed by atoms with Crippen LogP contribution in [-0.4, -0.2) is 149 Å². The normalized spacial score (nSPS) is 22.5. The minimum Gasteiger partial charge on any atom is -0.480 e. The van der Waals surface area contributed by atoms with Crippen molar-refractivity contribution < 1.29 is 62.5 Å². The van der Waals surface area contributed by atoms with Gasteiger partial charge in [0.15, 0.2) is 0 Å².